The first-order valence-electron chi connectivity index (χ1n) is 7.72. The minimum Gasteiger partial charge on any atom is -0.726 e. The Kier molecular flexibility index (Phi) is 5.44. The number of quaternary nitrogens is 1. The van der Waals surface area contributed by atoms with Gasteiger partial charge in [-0.25, -0.2) is 16.8 Å². The first kappa shape index (κ1) is 19.1. The molecule has 23 heavy (non-hydrogen) atoms. The standard InChI is InChI=1S/C12H22NO3S.CH4O4S/c1-13(6-8-16-9-7-13)12-5-3-2-4-11(12)17(14,15)10-12;1-5-6(2,3)4/h11H,2-10H2,1H3;1H3,(H,2,3,4)/q+1;/p-1. The van der Waals surface area contributed by atoms with Crippen molar-refractivity contribution in [1.82, 2.24) is 0 Å². The Balaban J connectivity index is 0.000000277. The lowest BCUT2D eigenvalue weighted by atomic mass is 9.78. The zero-order valence-corrected chi connectivity index (χ0v) is 15.2. The van der Waals surface area contributed by atoms with Crippen molar-refractivity contribution in [2.45, 2.75) is 36.5 Å². The van der Waals surface area contributed by atoms with Crippen molar-refractivity contribution in [1.29, 1.82) is 0 Å². The Morgan fingerprint density at radius 1 is 1.26 bits per heavy atom. The minimum absolute atomic E-state index is 0.0286. The second-order valence-corrected chi connectivity index (χ2v) is 10.0. The molecule has 2 unspecified atom stereocenters. The summed E-state index contributed by atoms with van der Waals surface area (Å²) >= 11 is 0. The van der Waals surface area contributed by atoms with E-state index in [-0.39, 0.29) is 10.8 Å². The van der Waals surface area contributed by atoms with Crippen LogP contribution in [0.5, 0.6) is 0 Å². The number of rotatable bonds is 2. The van der Waals surface area contributed by atoms with Crippen LogP contribution in [-0.4, -0.2) is 82.9 Å². The zero-order valence-electron chi connectivity index (χ0n) is 13.6. The third-order valence-corrected chi connectivity index (χ3v) is 8.40. The van der Waals surface area contributed by atoms with Crippen LogP contribution in [0, 0.1) is 0 Å². The molecule has 0 radical (unpaired) electrons. The van der Waals surface area contributed by atoms with Crippen molar-refractivity contribution >= 4 is 20.2 Å². The maximum Gasteiger partial charge on any atom is 0.217 e. The number of nitrogens with zero attached hydrogens (tertiary/aromatic N) is 1. The summed E-state index contributed by atoms with van der Waals surface area (Å²) in [6.07, 6.45) is 4.26. The molecule has 0 amide bonds. The number of sulfone groups is 1. The fourth-order valence-electron chi connectivity index (χ4n) is 4.18. The second kappa shape index (κ2) is 6.57. The van der Waals surface area contributed by atoms with Crippen LogP contribution in [0.1, 0.15) is 25.7 Å². The molecular weight excluding hydrogens is 346 g/mol. The quantitative estimate of drug-likeness (QED) is 0.371. The summed E-state index contributed by atoms with van der Waals surface area (Å²) < 4.78 is 61.4. The van der Waals surface area contributed by atoms with Gasteiger partial charge in [-0.3, -0.25) is 4.18 Å². The third-order valence-electron chi connectivity index (χ3n) is 5.55. The van der Waals surface area contributed by atoms with Crippen LogP contribution in [0.2, 0.25) is 0 Å². The number of fused-ring (bicyclic) bond motifs is 1. The molecule has 136 valence electrons. The van der Waals surface area contributed by atoms with Gasteiger partial charge in [-0.2, -0.15) is 0 Å². The summed E-state index contributed by atoms with van der Waals surface area (Å²) in [5.74, 6) is 0.418. The SMILES string of the molecule is COS(=O)(=O)[O-].C[N+]1(C23CCCCC2S(=O)(=O)C3)CCOCC1. The van der Waals surface area contributed by atoms with Gasteiger partial charge in [0.2, 0.25) is 10.4 Å². The third kappa shape index (κ3) is 3.72. The van der Waals surface area contributed by atoms with E-state index in [0.29, 0.717) is 5.75 Å². The maximum absolute atomic E-state index is 12.0. The van der Waals surface area contributed by atoms with Crippen LogP contribution >= 0.6 is 0 Å². The monoisotopic (exact) mass is 371 g/mol. The Labute approximate surface area is 138 Å². The van der Waals surface area contributed by atoms with Crippen molar-refractivity contribution < 1.29 is 34.8 Å². The van der Waals surface area contributed by atoms with Crippen LogP contribution < -0.4 is 0 Å². The molecule has 1 aliphatic carbocycles. The zero-order chi connectivity index (χ0) is 17.4. The molecule has 0 N–H and O–H groups in total. The molecule has 3 aliphatic rings. The summed E-state index contributed by atoms with van der Waals surface area (Å²) in [7, 11) is -4.14. The van der Waals surface area contributed by atoms with Crippen LogP contribution in [0.3, 0.4) is 0 Å². The number of likely N-dealkylation sites (N-methyl/N-ethyl adjacent to an activating group) is 1. The molecule has 2 heterocycles. The predicted molar refractivity (Wildman–Crippen MR) is 82.2 cm³/mol. The van der Waals surface area contributed by atoms with Gasteiger partial charge in [-0.15, -0.1) is 0 Å². The van der Waals surface area contributed by atoms with Gasteiger partial charge in [0.1, 0.15) is 29.6 Å². The molecule has 2 atom stereocenters. The van der Waals surface area contributed by atoms with E-state index in [9.17, 15) is 21.4 Å². The number of ether oxygens (including phenoxy) is 1. The van der Waals surface area contributed by atoms with Gasteiger partial charge >= 0.3 is 0 Å². The van der Waals surface area contributed by atoms with Gasteiger partial charge in [0.25, 0.3) is 0 Å². The fraction of sp³-hybridized carbons (Fsp3) is 1.00. The summed E-state index contributed by atoms with van der Waals surface area (Å²) in [5, 5.41) is -0.0631. The van der Waals surface area contributed by atoms with Crippen molar-refractivity contribution in [3.8, 4) is 0 Å². The summed E-state index contributed by atoms with van der Waals surface area (Å²) in [4.78, 5) is 0. The highest BCUT2D eigenvalue weighted by Gasteiger charge is 2.68. The molecular formula is C13H25NO7S2. The molecule has 0 aromatic heterocycles. The average molecular weight is 371 g/mol. The molecule has 8 nitrogen and oxygen atoms in total. The smallest absolute Gasteiger partial charge is 0.217 e. The maximum atomic E-state index is 12.0. The van der Waals surface area contributed by atoms with Crippen LogP contribution in [0.15, 0.2) is 0 Å². The van der Waals surface area contributed by atoms with E-state index in [2.05, 4.69) is 11.2 Å². The number of hydrogen-bond donors (Lipinski definition) is 0. The van der Waals surface area contributed by atoms with Gasteiger partial charge in [0.15, 0.2) is 9.84 Å². The molecule has 2 saturated heterocycles. The lowest BCUT2D eigenvalue weighted by molar-refractivity contribution is -0.965. The molecule has 3 fully saturated rings. The summed E-state index contributed by atoms with van der Waals surface area (Å²) in [6.45, 7) is 3.52. The minimum atomic E-state index is -4.41. The highest BCUT2D eigenvalue weighted by molar-refractivity contribution is 7.93. The van der Waals surface area contributed by atoms with Gasteiger partial charge in [-0.05, 0) is 12.8 Å². The number of morpholine rings is 1. The molecule has 2 aliphatic heterocycles. The normalized spacial score (nSPS) is 35.2. The molecule has 10 heteroatoms. The highest BCUT2D eigenvalue weighted by atomic mass is 32.3. The van der Waals surface area contributed by atoms with E-state index in [0.717, 1.165) is 57.2 Å². The Morgan fingerprint density at radius 3 is 2.30 bits per heavy atom. The highest BCUT2D eigenvalue weighted by Crippen LogP contribution is 2.50. The summed E-state index contributed by atoms with van der Waals surface area (Å²) in [6, 6.07) is 0. The number of hydrogen-bond acceptors (Lipinski definition) is 7. The lowest BCUT2D eigenvalue weighted by Gasteiger charge is -2.61. The van der Waals surface area contributed by atoms with E-state index in [1.54, 1.807) is 0 Å². The molecule has 0 aromatic rings. The van der Waals surface area contributed by atoms with Crippen molar-refractivity contribution in [3.05, 3.63) is 0 Å². The van der Waals surface area contributed by atoms with E-state index in [1.165, 1.54) is 6.42 Å². The average Bonchev–Trinajstić information content (AvgIpc) is 2.47. The first-order chi connectivity index (χ1) is 10.6. The molecule has 1 saturated carbocycles. The van der Waals surface area contributed by atoms with E-state index in [4.69, 9.17) is 4.74 Å². The Hall–Kier alpha value is -0.260. The Morgan fingerprint density at radius 2 is 1.83 bits per heavy atom. The van der Waals surface area contributed by atoms with Crippen LogP contribution in [-0.2, 0) is 29.2 Å². The molecule has 0 spiro atoms. The van der Waals surface area contributed by atoms with Crippen LogP contribution in [0.4, 0.5) is 0 Å². The lowest BCUT2D eigenvalue weighted by Crippen LogP contribution is -2.80. The molecule has 3 rings (SSSR count). The van der Waals surface area contributed by atoms with Gasteiger partial charge in [-0.1, -0.05) is 6.42 Å². The first-order valence-corrected chi connectivity index (χ1v) is 10.8. The van der Waals surface area contributed by atoms with Gasteiger partial charge in [0.05, 0.1) is 27.4 Å². The Bertz CT molecular complexity index is 625. The van der Waals surface area contributed by atoms with E-state index >= 15 is 0 Å². The van der Waals surface area contributed by atoms with Crippen molar-refractivity contribution in [2.24, 2.45) is 0 Å². The van der Waals surface area contributed by atoms with E-state index < -0.39 is 20.2 Å². The van der Waals surface area contributed by atoms with E-state index in [1.807, 2.05) is 0 Å². The summed E-state index contributed by atoms with van der Waals surface area (Å²) in [5.41, 5.74) is 0.0286. The fourth-order valence-corrected chi connectivity index (χ4v) is 7.09. The van der Waals surface area contributed by atoms with Crippen molar-refractivity contribution in [2.75, 3.05) is 46.2 Å². The topological polar surface area (TPSA) is 110 Å². The van der Waals surface area contributed by atoms with Gasteiger partial charge < -0.3 is 13.8 Å². The predicted octanol–water partition coefficient (Wildman–Crippen LogP) is -0.334. The molecule has 0 bridgehead atoms. The second-order valence-electron chi connectivity index (χ2n) is 6.68. The largest absolute Gasteiger partial charge is 0.726 e. The molecule has 0 aromatic carbocycles. The van der Waals surface area contributed by atoms with Gasteiger partial charge in [0, 0.05) is 6.42 Å². The van der Waals surface area contributed by atoms with Crippen LogP contribution in [0.25, 0.3) is 0 Å². The van der Waals surface area contributed by atoms with Crippen molar-refractivity contribution in [3.63, 3.8) is 0 Å².